The monoisotopic (exact) mass is 556 g/mol. The molecule has 1 atom stereocenters. The summed E-state index contributed by atoms with van der Waals surface area (Å²) >= 11 is 0. The van der Waals surface area contributed by atoms with Crippen LogP contribution in [0.15, 0.2) is 47.4 Å². The second-order valence-electron chi connectivity index (χ2n) is 10.1. The second kappa shape index (κ2) is 12.8. The number of nitrogens with two attached hydrogens (primary N) is 1. The molecule has 2 aliphatic heterocycles. The van der Waals surface area contributed by atoms with Crippen LogP contribution in [-0.4, -0.2) is 51.5 Å². The molecule has 4 rings (SSSR count). The van der Waals surface area contributed by atoms with Gasteiger partial charge in [-0.25, -0.2) is 18.4 Å². The van der Waals surface area contributed by atoms with Crippen molar-refractivity contribution in [2.45, 2.75) is 69.3 Å². The van der Waals surface area contributed by atoms with E-state index in [1.54, 1.807) is 23.1 Å². The molecular formula is C29H36N2O7S. The summed E-state index contributed by atoms with van der Waals surface area (Å²) in [4.78, 5) is 14.2. The zero-order valence-electron chi connectivity index (χ0n) is 22.5. The maximum atomic E-state index is 12.4. The summed E-state index contributed by atoms with van der Waals surface area (Å²) in [5.74, 6) is 5.96. The highest BCUT2D eigenvalue weighted by Crippen LogP contribution is 2.35. The number of carbonyl (C=O) groups excluding carboxylic acids is 1. The van der Waals surface area contributed by atoms with E-state index < -0.39 is 15.8 Å². The number of fused-ring (bicyclic) bond motifs is 1. The molecule has 0 unspecified atom stereocenters. The summed E-state index contributed by atoms with van der Waals surface area (Å²) in [5, 5.41) is 5.22. The van der Waals surface area contributed by atoms with Crippen molar-refractivity contribution in [2.75, 3.05) is 26.3 Å². The van der Waals surface area contributed by atoms with Gasteiger partial charge in [-0.1, -0.05) is 42.9 Å². The number of amides is 1. The van der Waals surface area contributed by atoms with Crippen LogP contribution < -0.4 is 9.88 Å². The van der Waals surface area contributed by atoms with Gasteiger partial charge in [-0.2, -0.15) is 0 Å². The van der Waals surface area contributed by atoms with Crippen molar-refractivity contribution in [1.82, 2.24) is 4.90 Å². The predicted octanol–water partition coefficient (Wildman–Crippen LogP) is 4.49. The number of unbranched alkanes of at least 4 members (excludes halogenated alkanes) is 3. The fourth-order valence-electron chi connectivity index (χ4n) is 4.48. The number of hydrogen-bond acceptors (Lipinski definition) is 7. The van der Waals surface area contributed by atoms with Crippen molar-refractivity contribution in [3.05, 3.63) is 59.2 Å². The summed E-state index contributed by atoms with van der Waals surface area (Å²) in [5.41, 5.74) is 2.30. The van der Waals surface area contributed by atoms with Crippen LogP contribution in [0.25, 0.3) is 0 Å². The molecule has 0 saturated carbocycles. The van der Waals surface area contributed by atoms with Crippen molar-refractivity contribution >= 4 is 16.1 Å². The molecule has 0 aromatic heterocycles. The minimum atomic E-state index is -3.80. The third-order valence-corrected chi connectivity index (χ3v) is 7.50. The number of rotatable bonds is 11. The van der Waals surface area contributed by atoms with Gasteiger partial charge in [-0.3, -0.25) is 0 Å². The van der Waals surface area contributed by atoms with Gasteiger partial charge in [0.2, 0.25) is 15.8 Å². The Kier molecular flexibility index (Phi) is 9.51. The van der Waals surface area contributed by atoms with E-state index in [-0.39, 0.29) is 17.1 Å². The van der Waals surface area contributed by atoms with Gasteiger partial charge < -0.3 is 23.8 Å². The van der Waals surface area contributed by atoms with E-state index in [0.717, 1.165) is 42.6 Å². The normalized spacial score (nSPS) is 18.1. The zero-order valence-corrected chi connectivity index (χ0v) is 23.3. The number of carbonyl (C=O) groups is 1. The number of hydrogen-bond donors (Lipinski definition) is 1. The lowest BCUT2D eigenvalue weighted by Gasteiger charge is -2.32. The molecule has 39 heavy (non-hydrogen) atoms. The number of primary sulfonamides is 1. The van der Waals surface area contributed by atoms with Gasteiger partial charge in [0, 0.05) is 44.5 Å². The SMILES string of the molecule is CC1(C)OCc2cc([C@@H]3CN(CCCCCCOCCC#Cc4ccccc4S(N)(=O)=O)C(=O)O3)ccc2O1. The van der Waals surface area contributed by atoms with Gasteiger partial charge in [0.05, 0.1) is 24.7 Å². The first-order valence-corrected chi connectivity index (χ1v) is 14.8. The predicted molar refractivity (Wildman–Crippen MR) is 145 cm³/mol. The van der Waals surface area contributed by atoms with Crippen LogP contribution in [0.2, 0.25) is 0 Å². The van der Waals surface area contributed by atoms with Crippen LogP contribution in [-0.2, 0) is 30.8 Å². The summed E-state index contributed by atoms with van der Waals surface area (Å²) < 4.78 is 46.1. The summed E-state index contributed by atoms with van der Waals surface area (Å²) in [7, 11) is -3.80. The van der Waals surface area contributed by atoms with Crippen molar-refractivity contribution in [2.24, 2.45) is 5.14 Å². The zero-order chi connectivity index (χ0) is 27.9. The Labute approximate surface area is 230 Å². The van der Waals surface area contributed by atoms with E-state index >= 15 is 0 Å². The van der Waals surface area contributed by atoms with E-state index in [4.69, 9.17) is 24.1 Å². The highest BCUT2D eigenvalue weighted by molar-refractivity contribution is 7.89. The van der Waals surface area contributed by atoms with Crippen LogP contribution in [0.1, 0.15) is 68.7 Å². The first-order chi connectivity index (χ1) is 18.6. The average Bonchev–Trinajstić information content (AvgIpc) is 3.26. The Hall–Kier alpha value is -3.10. The van der Waals surface area contributed by atoms with Crippen molar-refractivity contribution in [3.8, 4) is 17.6 Å². The second-order valence-corrected chi connectivity index (χ2v) is 11.6. The van der Waals surface area contributed by atoms with E-state index in [1.807, 2.05) is 32.0 Å². The van der Waals surface area contributed by atoms with E-state index in [2.05, 4.69) is 11.8 Å². The Bertz CT molecular complexity index is 1330. The van der Waals surface area contributed by atoms with Crippen molar-refractivity contribution in [1.29, 1.82) is 0 Å². The Morgan fingerprint density at radius 3 is 2.72 bits per heavy atom. The lowest BCUT2D eigenvalue weighted by molar-refractivity contribution is -0.180. The molecule has 10 heteroatoms. The fraction of sp³-hybridized carbons (Fsp3) is 0.483. The van der Waals surface area contributed by atoms with Gasteiger partial charge >= 0.3 is 6.09 Å². The maximum Gasteiger partial charge on any atom is 0.410 e. The van der Waals surface area contributed by atoms with Crippen molar-refractivity contribution < 1.29 is 32.2 Å². The number of benzene rings is 2. The van der Waals surface area contributed by atoms with Gasteiger partial charge in [0.15, 0.2) is 0 Å². The molecule has 2 aliphatic rings. The summed E-state index contributed by atoms with van der Waals surface area (Å²) in [6.45, 7) is 6.54. The van der Waals surface area contributed by atoms with Gasteiger partial charge in [0.25, 0.3) is 0 Å². The molecule has 0 aliphatic carbocycles. The van der Waals surface area contributed by atoms with E-state index in [0.29, 0.717) is 44.9 Å². The van der Waals surface area contributed by atoms with Gasteiger partial charge in [-0.05, 0) is 42.7 Å². The molecule has 2 aromatic carbocycles. The molecule has 1 amide bonds. The highest BCUT2D eigenvalue weighted by atomic mass is 32.2. The quantitative estimate of drug-likeness (QED) is 0.320. The van der Waals surface area contributed by atoms with Crippen LogP contribution in [0.5, 0.6) is 5.75 Å². The number of nitrogens with zero attached hydrogens (tertiary/aromatic N) is 1. The van der Waals surface area contributed by atoms with Crippen LogP contribution in [0, 0.1) is 11.8 Å². The highest BCUT2D eigenvalue weighted by Gasteiger charge is 2.33. The molecular weight excluding hydrogens is 520 g/mol. The van der Waals surface area contributed by atoms with Crippen molar-refractivity contribution in [3.63, 3.8) is 0 Å². The number of cyclic esters (lactones) is 1. The topological polar surface area (TPSA) is 117 Å². The minimum absolute atomic E-state index is 0.0316. The third-order valence-electron chi connectivity index (χ3n) is 6.53. The molecule has 0 radical (unpaired) electrons. The molecule has 2 N–H and O–H groups in total. The molecule has 210 valence electrons. The van der Waals surface area contributed by atoms with Crippen LogP contribution >= 0.6 is 0 Å². The summed E-state index contributed by atoms with van der Waals surface area (Å²) in [6.07, 6.45) is 3.75. The molecule has 0 bridgehead atoms. The van der Waals surface area contributed by atoms with Gasteiger partial charge in [0.1, 0.15) is 11.9 Å². The fourth-order valence-corrected chi connectivity index (χ4v) is 5.18. The third kappa shape index (κ3) is 8.19. The minimum Gasteiger partial charge on any atom is -0.463 e. The lowest BCUT2D eigenvalue weighted by Crippen LogP contribution is -2.35. The maximum absolute atomic E-state index is 12.4. The average molecular weight is 557 g/mol. The molecule has 2 heterocycles. The van der Waals surface area contributed by atoms with Crippen LogP contribution in [0.3, 0.4) is 0 Å². The van der Waals surface area contributed by atoms with E-state index in [1.165, 1.54) is 6.07 Å². The lowest BCUT2D eigenvalue weighted by atomic mass is 10.0. The summed E-state index contributed by atoms with van der Waals surface area (Å²) in [6, 6.07) is 12.3. The Morgan fingerprint density at radius 2 is 1.90 bits per heavy atom. The van der Waals surface area contributed by atoms with Crippen LogP contribution in [0.4, 0.5) is 4.79 Å². The number of sulfonamides is 1. The number of ether oxygens (including phenoxy) is 4. The first-order valence-electron chi connectivity index (χ1n) is 13.2. The van der Waals surface area contributed by atoms with E-state index in [9.17, 15) is 13.2 Å². The molecule has 0 spiro atoms. The molecule has 9 nitrogen and oxygen atoms in total. The molecule has 1 saturated heterocycles. The first kappa shape index (κ1) is 28.9. The largest absolute Gasteiger partial charge is 0.463 e. The Balaban J connectivity index is 1.09. The van der Waals surface area contributed by atoms with Gasteiger partial charge in [-0.15, -0.1) is 0 Å². The standard InChI is InChI=1S/C29H36N2O7S/c1-29(2)36-21-24-19-23(14-15-25(24)38-29)26-20-31(28(32)37-26)16-8-3-4-9-17-35-18-10-7-12-22-11-5-6-13-27(22)39(30,33)34/h5-6,11,13-15,19,26H,3-4,8-10,16-18,20-21H2,1-2H3,(H2,30,33,34)/t26-/m0/s1. The smallest absolute Gasteiger partial charge is 0.410 e. The Morgan fingerprint density at radius 1 is 1.10 bits per heavy atom. The molecule has 1 fully saturated rings. The molecule has 2 aromatic rings.